The quantitative estimate of drug-likeness (QED) is 0.870. The van der Waals surface area contributed by atoms with Crippen LogP contribution in [0.25, 0.3) is 0 Å². The molecule has 0 spiro atoms. The van der Waals surface area contributed by atoms with Gasteiger partial charge in [-0.3, -0.25) is 0 Å². The summed E-state index contributed by atoms with van der Waals surface area (Å²) in [7, 11) is 0. The number of aromatic nitrogens is 2. The molecule has 0 atom stereocenters. The summed E-state index contributed by atoms with van der Waals surface area (Å²) in [5, 5.41) is 0.690. The maximum absolute atomic E-state index is 5.97. The Hall–Kier alpha value is -1.85. The molecule has 4 rings (SSSR count). The maximum atomic E-state index is 5.97. The Kier molecular flexibility index (Phi) is 3.60. The van der Waals surface area contributed by atoms with Gasteiger partial charge in [-0.25, -0.2) is 9.97 Å². The molecule has 2 aliphatic rings. The van der Waals surface area contributed by atoms with E-state index in [0.29, 0.717) is 11.6 Å². The molecule has 6 heteroatoms. The average Bonchev–Trinajstić information content (AvgIpc) is 2.50. The summed E-state index contributed by atoms with van der Waals surface area (Å²) < 4.78 is 11.5. The first kappa shape index (κ1) is 13.8. The summed E-state index contributed by atoms with van der Waals surface area (Å²) in [6.45, 7) is 2.97. The predicted octanol–water partition coefficient (Wildman–Crippen LogP) is 2.47. The molecule has 2 aromatic rings. The van der Waals surface area contributed by atoms with Gasteiger partial charge in [-0.1, -0.05) is 17.7 Å². The summed E-state index contributed by atoms with van der Waals surface area (Å²) in [5.41, 5.74) is 2.23. The van der Waals surface area contributed by atoms with E-state index >= 15 is 0 Å². The fourth-order valence-corrected chi connectivity index (χ4v) is 3.02. The van der Waals surface area contributed by atoms with E-state index in [9.17, 15) is 0 Å². The van der Waals surface area contributed by atoms with Crippen molar-refractivity contribution >= 4 is 17.4 Å². The van der Waals surface area contributed by atoms with Crippen LogP contribution in [-0.2, 0) is 17.8 Å². The molecule has 1 aromatic heterocycles. The second-order valence-electron chi connectivity index (χ2n) is 5.53. The molecule has 2 aliphatic heterocycles. The lowest BCUT2D eigenvalue weighted by atomic mass is 10.1. The van der Waals surface area contributed by atoms with Gasteiger partial charge in [-0.15, -0.1) is 0 Å². The molecule has 0 bridgehead atoms. The van der Waals surface area contributed by atoms with Gasteiger partial charge in [0.05, 0.1) is 32.0 Å². The van der Waals surface area contributed by atoms with Crippen LogP contribution in [0.15, 0.2) is 30.6 Å². The second-order valence-corrected chi connectivity index (χ2v) is 5.96. The lowest BCUT2D eigenvalue weighted by molar-refractivity contribution is 0.108. The zero-order chi connectivity index (χ0) is 14.9. The Morgan fingerprint density at radius 3 is 3.05 bits per heavy atom. The number of rotatable bonds is 3. The molecule has 1 fully saturated rings. The van der Waals surface area contributed by atoms with Crippen molar-refractivity contribution in [3.63, 3.8) is 0 Å². The van der Waals surface area contributed by atoms with Crippen molar-refractivity contribution in [1.29, 1.82) is 0 Å². The van der Waals surface area contributed by atoms with Crippen molar-refractivity contribution in [2.45, 2.75) is 19.1 Å². The van der Waals surface area contributed by atoms with Crippen molar-refractivity contribution in [3.8, 4) is 5.75 Å². The van der Waals surface area contributed by atoms with Gasteiger partial charge < -0.3 is 14.4 Å². The molecule has 22 heavy (non-hydrogen) atoms. The molecule has 0 saturated carbocycles. The monoisotopic (exact) mass is 317 g/mol. The van der Waals surface area contributed by atoms with Gasteiger partial charge in [0, 0.05) is 17.0 Å². The summed E-state index contributed by atoms with van der Waals surface area (Å²) in [6, 6.07) is 7.50. The minimum absolute atomic E-state index is 0.161. The van der Waals surface area contributed by atoms with E-state index in [-0.39, 0.29) is 6.10 Å². The fraction of sp³-hybridized carbons (Fsp3) is 0.375. The average molecular weight is 318 g/mol. The highest BCUT2D eigenvalue weighted by Crippen LogP contribution is 2.29. The van der Waals surface area contributed by atoms with Crippen molar-refractivity contribution < 1.29 is 9.47 Å². The first-order chi connectivity index (χ1) is 10.8. The molecule has 0 unspecified atom stereocenters. The van der Waals surface area contributed by atoms with Crippen molar-refractivity contribution in [2.75, 3.05) is 24.6 Å². The van der Waals surface area contributed by atoms with Crippen LogP contribution in [0.2, 0.25) is 5.02 Å². The molecule has 1 saturated heterocycles. The Balaban J connectivity index is 1.43. The second kappa shape index (κ2) is 5.74. The fourth-order valence-electron chi connectivity index (χ4n) is 2.84. The molecule has 0 amide bonds. The molecule has 0 radical (unpaired) electrons. The number of fused-ring (bicyclic) bond motifs is 1. The van der Waals surface area contributed by atoms with Crippen LogP contribution in [0, 0.1) is 0 Å². The Bertz CT molecular complexity index is 689. The van der Waals surface area contributed by atoms with Crippen LogP contribution in [0.4, 0.5) is 5.82 Å². The summed E-state index contributed by atoms with van der Waals surface area (Å²) in [4.78, 5) is 11.0. The van der Waals surface area contributed by atoms with Gasteiger partial charge >= 0.3 is 0 Å². The van der Waals surface area contributed by atoms with E-state index in [2.05, 4.69) is 14.9 Å². The van der Waals surface area contributed by atoms with Crippen molar-refractivity contribution in [1.82, 2.24) is 9.97 Å². The molecule has 114 valence electrons. The van der Waals surface area contributed by atoms with E-state index in [0.717, 1.165) is 48.9 Å². The van der Waals surface area contributed by atoms with E-state index in [1.807, 2.05) is 24.3 Å². The summed E-state index contributed by atoms with van der Waals surface area (Å²) >= 11 is 5.97. The topological polar surface area (TPSA) is 47.5 Å². The number of nitrogens with zero attached hydrogens (tertiary/aromatic N) is 3. The number of halogens is 1. The lowest BCUT2D eigenvalue weighted by Gasteiger charge is -2.41. The highest BCUT2D eigenvalue weighted by Gasteiger charge is 2.32. The molecule has 3 heterocycles. The summed E-state index contributed by atoms with van der Waals surface area (Å²) in [6.07, 6.45) is 2.67. The normalized spacial score (nSPS) is 17.8. The van der Waals surface area contributed by atoms with Crippen LogP contribution < -0.4 is 9.64 Å². The smallest absolute Gasteiger partial charge is 0.138 e. The van der Waals surface area contributed by atoms with Gasteiger partial charge in [-0.2, -0.15) is 0 Å². The number of ether oxygens (including phenoxy) is 2. The molecule has 1 aromatic carbocycles. The predicted molar refractivity (Wildman–Crippen MR) is 83.5 cm³/mol. The Morgan fingerprint density at radius 1 is 1.27 bits per heavy atom. The summed E-state index contributed by atoms with van der Waals surface area (Å²) in [5.74, 6) is 1.79. The molecular formula is C16H16ClN3O2. The van der Waals surface area contributed by atoms with Crippen molar-refractivity contribution in [3.05, 3.63) is 46.9 Å². The van der Waals surface area contributed by atoms with E-state index in [4.69, 9.17) is 21.1 Å². The molecular weight excluding hydrogens is 302 g/mol. The molecule has 5 nitrogen and oxygen atoms in total. The highest BCUT2D eigenvalue weighted by molar-refractivity contribution is 6.30. The largest absolute Gasteiger partial charge is 0.487 e. The van der Waals surface area contributed by atoms with Gasteiger partial charge in [0.15, 0.2) is 0 Å². The van der Waals surface area contributed by atoms with Gasteiger partial charge in [0.25, 0.3) is 0 Å². The third-order valence-electron chi connectivity index (χ3n) is 3.99. The standard InChI is InChI=1S/C16H16ClN3O2/c17-11-2-1-3-12(6-11)22-13-7-20(8-13)16-14-9-21-5-4-15(14)18-10-19-16/h1-3,6,10,13H,4-5,7-9H2. The van der Waals surface area contributed by atoms with Gasteiger partial charge in [-0.05, 0) is 18.2 Å². The molecule has 0 aliphatic carbocycles. The Labute approximate surface area is 133 Å². The van der Waals surface area contributed by atoms with Gasteiger partial charge in [0.1, 0.15) is 24.0 Å². The number of hydrogen-bond donors (Lipinski definition) is 0. The number of anilines is 1. The van der Waals surface area contributed by atoms with Crippen LogP contribution in [0.5, 0.6) is 5.75 Å². The van der Waals surface area contributed by atoms with Crippen LogP contribution >= 0.6 is 11.6 Å². The number of benzene rings is 1. The zero-order valence-corrected chi connectivity index (χ0v) is 12.8. The minimum atomic E-state index is 0.161. The van der Waals surface area contributed by atoms with Crippen LogP contribution in [0.1, 0.15) is 11.3 Å². The van der Waals surface area contributed by atoms with E-state index < -0.39 is 0 Å². The zero-order valence-electron chi connectivity index (χ0n) is 12.0. The minimum Gasteiger partial charge on any atom is -0.487 e. The van der Waals surface area contributed by atoms with E-state index in [1.165, 1.54) is 0 Å². The van der Waals surface area contributed by atoms with Crippen molar-refractivity contribution in [2.24, 2.45) is 0 Å². The highest BCUT2D eigenvalue weighted by atomic mass is 35.5. The first-order valence-corrected chi connectivity index (χ1v) is 7.75. The maximum Gasteiger partial charge on any atom is 0.138 e. The van der Waals surface area contributed by atoms with Crippen LogP contribution in [0.3, 0.4) is 0 Å². The third-order valence-corrected chi connectivity index (χ3v) is 4.22. The van der Waals surface area contributed by atoms with E-state index in [1.54, 1.807) is 6.33 Å². The Morgan fingerprint density at radius 2 is 2.18 bits per heavy atom. The molecule has 0 N–H and O–H groups in total. The number of hydrogen-bond acceptors (Lipinski definition) is 5. The SMILES string of the molecule is Clc1cccc(OC2CN(c3ncnc4c3COCC4)C2)c1. The van der Waals surface area contributed by atoms with Crippen LogP contribution in [-0.4, -0.2) is 35.8 Å². The third kappa shape index (κ3) is 2.62. The lowest BCUT2D eigenvalue weighted by Crippen LogP contribution is -2.54. The first-order valence-electron chi connectivity index (χ1n) is 7.37. The van der Waals surface area contributed by atoms with Gasteiger partial charge in [0.2, 0.25) is 0 Å².